The third kappa shape index (κ3) is 8.18. The Hall–Kier alpha value is -8.21. The molecule has 0 aliphatic carbocycles. The van der Waals surface area contributed by atoms with Gasteiger partial charge in [-0.25, -0.2) is 19.6 Å². The van der Waals surface area contributed by atoms with Crippen LogP contribution in [0.3, 0.4) is 0 Å². The van der Waals surface area contributed by atoms with Gasteiger partial charge in [-0.05, 0) is 105 Å². The largest absolute Gasteiger partial charge is 2.00 e. The van der Waals surface area contributed by atoms with Gasteiger partial charge in [0.1, 0.15) is 0 Å². The van der Waals surface area contributed by atoms with Crippen LogP contribution in [0, 0.1) is 0 Å². The number of hydrogen-bond acceptors (Lipinski definition) is 7. The van der Waals surface area contributed by atoms with Gasteiger partial charge < -0.3 is 25.5 Å². The van der Waals surface area contributed by atoms with Gasteiger partial charge in [0, 0.05) is 12.6 Å². The van der Waals surface area contributed by atoms with E-state index in [0.717, 1.165) is 27.8 Å². The van der Waals surface area contributed by atoms with E-state index in [2.05, 4.69) is 5.32 Å². The molecule has 305 valence electrons. The number of benzene rings is 4. The predicted octanol–water partition coefficient (Wildman–Crippen LogP) is 8.75. The molecular formula is C49H31CuN5O7. The maximum Gasteiger partial charge on any atom is 2.00 e. The number of carboxylic acid groups (broad SMARTS) is 2. The van der Waals surface area contributed by atoms with E-state index in [1.54, 1.807) is 67.7 Å². The van der Waals surface area contributed by atoms with Crippen LogP contribution < -0.4 is 15.3 Å². The van der Waals surface area contributed by atoms with E-state index < -0.39 is 11.9 Å². The van der Waals surface area contributed by atoms with Crippen molar-refractivity contribution in [3.63, 3.8) is 0 Å². The first-order chi connectivity index (χ1) is 29.7. The minimum Gasteiger partial charge on any atom is -0.657 e. The average molecular weight is 865 g/mol. The summed E-state index contributed by atoms with van der Waals surface area (Å²) in [6.07, 6.45) is 7.97. The number of amides is 1. The van der Waals surface area contributed by atoms with Crippen LogP contribution in [0.15, 0.2) is 127 Å². The van der Waals surface area contributed by atoms with Crippen LogP contribution in [0.25, 0.3) is 90.9 Å². The number of carbonyl (C=O) groups excluding carboxylic acids is 3. The van der Waals surface area contributed by atoms with Crippen molar-refractivity contribution in [2.24, 2.45) is 0 Å². The fourth-order valence-electron chi connectivity index (χ4n) is 7.37. The molecule has 13 heteroatoms. The Labute approximate surface area is 363 Å². The summed E-state index contributed by atoms with van der Waals surface area (Å²) in [5.74, 6) is -2.27. The van der Waals surface area contributed by atoms with Crippen molar-refractivity contribution in [1.29, 1.82) is 0 Å². The van der Waals surface area contributed by atoms with Crippen LogP contribution in [0.5, 0.6) is 0 Å². The number of aromatic nitrogens is 4. The molecule has 8 bridgehead atoms. The molecule has 4 aromatic carbocycles. The number of fused-ring (bicyclic) bond motifs is 8. The number of aromatic carboxylic acids is 2. The average Bonchev–Trinajstić information content (AvgIpc) is 4.13. The van der Waals surface area contributed by atoms with Gasteiger partial charge in [0.15, 0.2) is 0 Å². The first kappa shape index (κ1) is 41.9. The summed E-state index contributed by atoms with van der Waals surface area (Å²) in [6, 6.07) is 38.2. The molecule has 3 aromatic heterocycles. The van der Waals surface area contributed by atoms with Crippen molar-refractivity contribution in [2.75, 3.05) is 7.05 Å². The van der Waals surface area contributed by atoms with Crippen molar-refractivity contribution >= 4 is 70.4 Å². The molecule has 62 heavy (non-hydrogen) atoms. The van der Waals surface area contributed by atoms with E-state index in [1.807, 2.05) is 91.0 Å². The van der Waals surface area contributed by atoms with Gasteiger partial charge in [-0.15, -0.1) is 22.1 Å². The molecule has 0 unspecified atom stereocenters. The zero-order valence-corrected chi connectivity index (χ0v) is 33.4. The maximum absolute atomic E-state index is 12.5. The minimum absolute atomic E-state index is 0. The summed E-state index contributed by atoms with van der Waals surface area (Å²) in [7, 11) is 1.59. The second-order valence-electron chi connectivity index (χ2n) is 13.7. The standard InChI is InChI=1S/C48H33N5O5.CO2.Cu/c1-49-46(54)31-13-7-28(8-14-31)43-36-21-19-34(50-36)42(27-5-3-2-4-6-27)35-20-22-38(51-35)44(29-9-15-32(16-10-29)47(55)56)39-25-26-41(53-39)45(40-24-23-37(43)52-40)30-11-17-33(18-12-30)48(57)58;2-1-3;/h2-26H,1H3,(H5,49,50,51,52,53,54,55,56,57,58);;/q;;+2/p-2. The maximum atomic E-state index is 12.5. The molecule has 3 N–H and O–H groups in total. The Morgan fingerprint density at radius 2 is 0.758 bits per heavy atom. The van der Waals surface area contributed by atoms with Crippen molar-refractivity contribution in [1.82, 2.24) is 25.3 Å². The first-order valence-corrected chi connectivity index (χ1v) is 18.8. The minimum atomic E-state index is -1.04. The van der Waals surface area contributed by atoms with Gasteiger partial charge in [0.05, 0.1) is 33.9 Å². The molecule has 7 aromatic rings. The number of nitrogens with one attached hydrogen (secondary N) is 1. The van der Waals surface area contributed by atoms with Crippen molar-refractivity contribution in [3.8, 4) is 44.5 Å². The van der Waals surface area contributed by atoms with Crippen LogP contribution >= 0.6 is 0 Å². The monoisotopic (exact) mass is 864 g/mol. The Balaban J connectivity index is 0.00000141. The molecule has 9 rings (SSSR count). The third-order valence-electron chi connectivity index (χ3n) is 10.2. The quantitative estimate of drug-likeness (QED) is 0.130. The van der Waals surface area contributed by atoms with E-state index in [1.165, 1.54) is 0 Å². The summed E-state index contributed by atoms with van der Waals surface area (Å²) in [6.45, 7) is 0. The normalized spacial score (nSPS) is 11.1. The molecule has 0 saturated heterocycles. The fraction of sp³-hybridized carbons (Fsp3) is 0.0204. The molecule has 0 saturated carbocycles. The topological polar surface area (TPSA) is 192 Å². The Morgan fingerprint density at radius 3 is 1.05 bits per heavy atom. The summed E-state index contributed by atoms with van der Waals surface area (Å²) in [5.41, 5.74) is 11.9. The van der Waals surface area contributed by atoms with Crippen molar-refractivity contribution in [3.05, 3.63) is 167 Å². The van der Waals surface area contributed by atoms with Crippen LogP contribution in [-0.2, 0) is 26.7 Å². The molecule has 2 aliphatic heterocycles. The summed E-state index contributed by atoms with van der Waals surface area (Å²) < 4.78 is 0. The second kappa shape index (κ2) is 18.0. The van der Waals surface area contributed by atoms with Crippen LogP contribution in [0.1, 0.15) is 53.8 Å². The van der Waals surface area contributed by atoms with Crippen LogP contribution in [0.4, 0.5) is 0 Å². The van der Waals surface area contributed by atoms with Crippen LogP contribution in [-0.4, -0.2) is 51.2 Å². The molecule has 5 heterocycles. The molecule has 2 aliphatic rings. The Morgan fingerprint density at radius 1 is 0.468 bits per heavy atom. The summed E-state index contributed by atoms with van der Waals surface area (Å²) in [4.78, 5) is 73.3. The number of hydrogen-bond donors (Lipinski definition) is 3. The predicted molar refractivity (Wildman–Crippen MR) is 231 cm³/mol. The van der Waals surface area contributed by atoms with Gasteiger partial charge in [-0.3, -0.25) is 4.79 Å². The second-order valence-corrected chi connectivity index (χ2v) is 13.7. The molecular weight excluding hydrogens is 834 g/mol. The molecule has 0 fully saturated rings. The summed E-state index contributed by atoms with van der Waals surface area (Å²) in [5, 5.41) is 22.0. The number of carboxylic acids is 2. The zero-order valence-electron chi connectivity index (χ0n) is 32.5. The van der Waals surface area contributed by atoms with Gasteiger partial charge >= 0.3 is 35.2 Å². The van der Waals surface area contributed by atoms with E-state index in [9.17, 15) is 24.6 Å². The Kier molecular flexibility index (Phi) is 12.1. The van der Waals surface area contributed by atoms with E-state index in [-0.39, 0.29) is 40.3 Å². The smallest absolute Gasteiger partial charge is 0.657 e. The van der Waals surface area contributed by atoms with E-state index in [4.69, 9.17) is 29.5 Å². The summed E-state index contributed by atoms with van der Waals surface area (Å²) >= 11 is 0. The third-order valence-corrected chi connectivity index (χ3v) is 10.2. The van der Waals surface area contributed by atoms with Gasteiger partial charge in [0.2, 0.25) is 0 Å². The van der Waals surface area contributed by atoms with Crippen molar-refractivity contribution in [2.45, 2.75) is 0 Å². The van der Waals surface area contributed by atoms with Gasteiger partial charge in [-0.1, -0.05) is 91.0 Å². The van der Waals surface area contributed by atoms with Crippen LogP contribution in [0.2, 0.25) is 0 Å². The van der Waals surface area contributed by atoms with Crippen molar-refractivity contribution < 1.29 is 51.3 Å². The molecule has 1 radical (unpaired) electrons. The van der Waals surface area contributed by atoms with E-state index in [0.29, 0.717) is 67.1 Å². The number of carbonyl (C=O) groups is 3. The van der Waals surface area contributed by atoms with Gasteiger partial charge in [0.25, 0.3) is 5.91 Å². The van der Waals surface area contributed by atoms with E-state index >= 15 is 0 Å². The molecule has 12 nitrogen and oxygen atoms in total. The number of rotatable bonds is 7. The number of nitrogens with zero attached hydrogens (tertiary/aromatic N) is 4. The van der Waals surface area contributed by atoms with Gasteiger partial charge in [-0.2, -0.15) is 9.59 Å². The molecule has 0 spiro atoms. The first-order valence-electron chi connectivity index (χ1n) is 18.8. The zero-order chi connectivity index (χ0) is 42.6. The molecule has 0 atom stereocenters. The Bertz CT molecular complexity index is 3150. The SMILES string of the molecule is CNC(=O)c1ccc(-c2c3nc(c(-c4ccccc4)c4ccc([n-]4)c(-c4ccc(C(=O)O)cc4)c4nc(c(-c5ccc(C(=O)O)cc5)c5ccc2[n-]5)C=C4)C=C3)cc1.O=C=O.[Cu+2]. The molecule has 1 amide bonds. The fourth-order valence-corrected chi connectivity index (χ4v) is 7.37.